The number of amides is 2. The fourth-order valence-corrected chi connectivity index (χ4v) is 4.33. The Kier molecular flexibility index (Phi) is 6.21. The fraction of sp³-hybridized carbons (Fsp3) is 0.240. The van der Waals surface area contributed by atoms with Crippen molar-refractivity contribution in [1.82, 2.24) is 30.8 Å². The second kappa shape index (κ2) is 9.61. The molecule has 10 nitrogen and oxygen atoms in total. The van der Waals surface area contributed by atoms with Crippen LogP contribution >= 0.6 is 0 Å². The first-order chi connectivity index (χ1) is 17.0. The summed E-state index contributed by atoms with van der Waals surface area (Å²) in [5.74, 6) is 5.01. The van der Waals surface area contributed by atoms with Gasteiger partial charge in [0.05, 0.1) is 12.2 Å². The molecule has 0 aliphatic heterocycles. The maximum Gasteiger partial charge on any atom is 0.270 e. The van der Waals surface area contributed by atoms with Gasteiger partial charge in [-0.15, -0.1) is 0 Å². The molecule has 5 rings (SSSR count). The van der Waals surface area contributed by atoms with E-state index in [1.807, 2.05) is 37.4 Å². The van der Waals surface area contributed by atoms with Gasteiger partial charge in [-0.25, -0.2) is 15.0 Å². The van der Waals surface area contributed by atoms with Crippen LogP contribution in [-0.2, 0) is 19.5 Å². The van der Waals surface area contributed by atoms with Crippen LogP contribution in [0.15, 0.2) is 59.5 Å². The van der Waals surface area contributed by atoms with Crippen molar-refractivity contribution in [3.05, 3.63) is 88.6 Å². The molecule has 2 aromatic carbocycles. The molecule has 0 saturated heterocycles. The summed E-state index contributed by atoms with van der Waals surface area (Å²) < 4.78 is 5.15. The molecule has 4 N–H and O–H groups in total. The van der Waals surface area contributed by atoms with Crippen molar-refractivity contribution in [2.24, 2.45) is 5.84 Å². The van der Waals surface area contributed by atoms with Crippen LogP contribution in [0.1, 0.15) is 55.7 Å². The second-order valence-electron chi connectivity index (χ2n) is 8.68. The Labute approximate surface area is 201 Å². The van der Waals surface area contributed by atoms with E-state index in [1.54, 1.807) is 11.2 Å². The maximum absolute atomic E-state index is 12.9. The van der Waals surface area contributed by atoms with Crippen LogP contribution in [0.3, 0.4) is 0 Å². The van der Waals surface area contributed by atoms with Crippen molar-refractivity contribution >= 4 is 22.8 Å². The van der Waals surface area contributed by atoms with Crippen LogP contribution in [-0.4, -0.2) is 39.0 Å². The molecule has 178 valence electrons. The molecule has 0 fully saturated rings. The highest BCUT2D eigenvalue weighted by atomic mass is 16.5. The van der Waals surface area contributed by atoms with Crippen LogP contribution in [0.2, 0.25) is 0 Å². The summed E-state index contributed by atoms with van der Waals surface area (Å²) >= 11 is 0. The molecule has 1 aliphatic carbocycles. The highest BCUT2D eigenvalue weighted by Crippen LogP contribution is 2.32. The van der Waals surface area contributed by atoms with E-state index in [1.165, 1.54) is 18.0 Å². The van der Waals surface area contributed by atoms with Crippen LogP contribution in [0.4, 0.5) is 0 Å². The second-order valence-corrected chi connectivity index (χ2v) is 8.68. The average molecular weight is 472 g/mol. The summed E-state index contributed by atoms with van der Waals surface area (Å²) in [5, 5.41) is 12.1. The van der Waals surface area contributed by atoms with Gasteiger partial charge in [0.1, 0.15) is 17.7 Å². The number of carbonyl (C=O) groups is 2. The first-order valence-electron chi connectivity index (χ1n) is 11.3. The zero-order chi connectivity index (χ0) is 24.4. The number of rotatable bonds is 7. The zero-order valence-electron chi connectivity index (χ0n) is 19.2. The summed E-state index contributed by atoms with van der Waals surface area (Å²) in [5.41, 5.74) is 5.20. The Morgan fingerprint density at radius 2 is 1.89 bits per heavy atom. The third-order valence-electron chi connectivity index (χ3n) is 6.03. The van der Waals surface area contributed by atoms with Crippen molar-refractivity contribution in [2.45, 2.75) is 32.0 Å². The van der Waals surface area contributed by atoms with Crippen LogP contribution in [0.5, 0.6) is 0 Å². The number of fused-ring (bicyclic) bond motifs is 2. The van der Waals surface area contributed by atoms with Gasteiger partial charge >= 0.3 is 0 Å². The number of nitrogens with two attached hydrogens (primary N) is 1. The summed E-state index contributed by atoms with van der Waals surface area (Å²) in [6.07, 6.45) is 4.53. The molecule has 4 aromatic rings. The molecule has 0 saturated carbocycles. The zero-order valence-corrected chi connectivity index (χ0v) is 19.2. The molecule has 2 heterocycles. The van der Waals surface area contributed by atoms with Gasteiger partial charge in [0.15, 0.2) is 5.58 Å². The molecule has 0 radical (unpaired) electrons. The Bertz CT molecular complexity index is 1400. The van der Waals surface area contributed by atoms with Gasteiger partial charge in [-0.2, -0.15) is 0 Å². The lowest BCUT2D eigenvalue weighted by Crippen LogP contribution is -2.29. The van der Waals surface area contributed by atoms with Gasteiger partial charge in [-0.1, -0.05) is 29.4 Å². The highest BCUT2D eigenvalue weighted by Gasteiger charge is 2.25. The van der Waals surface area contributed by atoms with E-state index in [4.69, 9.17) is 10.4 Å². The van der Waals surface area contributed by atoms with Crippen molar-refractivity contribution in [3.63, 3.8) is 0 Å². The lowest BCUT2D eigenvalue weighted by atomic mass is 10.0. The fourth-order valence-electron chi connectivity index (χ4n) is 4.33. The summed E-state index contributed by atoms with van der Waals surface area (Å²) in [6, 6.07) is 13.1. The van der Waals surface area contributed by atoms with E-state index >= 15 is 0 Å². The third kappa shape index (κ3) is 5.03. The number of nitrogens with zero attached hydrogens (tertiary/aromatic N) is 4. The van der Waals surface area contributed by atoms with Gasteiger partial charge in [-0.05, 0) is 47.2 Å². The van der Waals surface area contributed by atoms with Gasteiger partial charge in [0, 0.05) is 31.6 Å². The minimum Gasteiger partial charge on any atom is -0.356 e. The summed E-state index contributed by atoms with van der Waals surface area (Å²) in [7, 11) is 1.82. The van der Waals surface area contributed by atoms with E-state index in [9.17, 15) is 9.59 Å². The molecular formula is C25H25N7O3. The SMILES string of the molecule is CN(N)Cc1ccc2c(c1)CCC2NC(=O)c1cc(C(=O)NCc2ccc3cnoc3c2)ncn1. The van der Waals surface area contributed by atoms with E-state index in [0.717, 1.165) is 34.9 Å². The Balaban J connectivity index is 1.22. The number of nitrogens with one attached hydrogen (secondary N) is 2. The predicted octanol–water partition coefficient (Wildman–Crippen LogP) is 2.27. The molecule has 35 heavy (non-hydrogen) atoms. The molecular weight excluding hydrogens is 446 g/mol. The van der Waals surface area contributed by atoms with E-state index in [0.29, 0.717) is 12.1 Å². The minimum atomic E-state index is -0.400. The van der Waals surface area contributed by atoms with Crippen LogP contribution < -0.4 is 16.5 Å². The molecule has 2 amide bonds. The quantitative estimate of drug-likeness (QED) is 0.276. The molecule has 10 heteroatoms. The lowest BCUT2D eigenvalue weighted by molar-refractivity contribution is 0.0931. The number of hydrogen-bond acceptors (Lipinski definition) is 8. The standard InChI is InChI=1S/C25H25N7O3/c1-32(26)13-16-3-6-19-17(8-16)5-7-20(19)31-25(34)22-10-21(28-14-29-22)24(33)27-11-15-2-4-18-12-30-35-23(18)9-15/h2-4,6,8-10,12,14,20H,5,7,11,13,26H2,1H3,(H,27,33)(H,31,34). The minimum absolute atomic E-state index is 0.111. The topological polar surface area (TPSA) is 139 Å². The molecule has 2 aromatic heterocycles. The van der Waals surface area contributed by atoms with E-state index in [-0.39, 0.29) is 29.9 Å². The Morgan fingerprint density at radius 3 is 2.71 bits per heavy atom. The highest BCUT2D eigenvalue weighted by molar-refractivity contribution is 5.97. The first kappa shape index (κ1) is 22.6. The number of hydrogen-bond donors (Lipinski definition) is 3. The first-order valence-corrected chi connectivity index (χ1v) is 11.3. The normalized spacial score (nSPS) is 14.8. The van der Waals surface area contributed by atoms with Crippen molar-refractivity contribution in [3.8, 4) is 0 Å². The number of carbonyl (C=O) groups excluding carboxylic acids is 2. The van der Waals surface area contributed by atoms with Gasteiger partial charge in [0.2, 0.25) is 0 Å². The van der Waals surface area contributed by atoms with Gasteiger partial charge in [-0.3, -0.25) is 15.4 Å². The number of aryl methyl sites for hydroxylation is 1. The van der Waals surface area contributed by atoms with Gasteiger partial charge < -0.3 is 15.2 Å². The van der Waals surface area contributed by atoms with Crippen molar-refractivity contribution < 1.29 is 14.1 Å². The van der Waals surface area contributed by atoms with Crippen molar-refractivity contribution in [2.75, 3.05) is 7.05 Å². The van der Waals surface area contributed by atoms with Crippen molar-refractivity contribution in [1.29, 1.82) is 0 Å². The largest absolute Gasteiger partial charge is 0.356 e. The third-order valence-corrected chi connectivity index (χ3v) is 6.03. The summed E-state index contributed by atoms with van der Waals surface area (Å²) in [4.78, 5) is 33.6. The summed E-state index contributed by atoms with van der Waals surface area (Å²) in [6.45, 7) is 0.937. The monoisotopic (exact) mass is 471 g/mol. The van der Waals surface area contributed by atoms with E-state index < -0.39 is 5.91 Å². The molecule has 0 spiro atoms. The van der Waals surface area contributed by atoms with E-state index in [2.05, 4.69) is 31.8 Å². The molecule has 1 atom stereocenters. The molecule has 1 unspecified atom stereocenters. The van der Waals surface area contributed by atoms with Crippen LogP contribution in [0, 0.1) is 0 Å². The lowest BCUT2D eigenvalue weighted by Gasteiger charge is -2.15. The molecule has 1 aliphatic rings. The Hall–Kier alpha value is -4.15. The Morgan fingerprint density at radius 1 is 1.09 bits per heavy atom. The number of benzene rings is 2. The number of aromatic nitrogens is 3. The maximum atomic E-state index is 12.9. The smallest absolute Gasteiger partial charge is 0.270 e. The van der Waals surface area contributed by atoms with Crippen LogP contribution in [0.25, 0.3) is 11.0 Å². The number of hydrazine groups is 1. The molecule has 0 bridgehead atoms. The average Bonchev–Trinajstić information content (AvgIpc) is 3.48. The predicted molar refractivity (Wildman–Crippen MR) is 128 cm³/mol. The van der Waals surface area contributed by atoms with Gasteiger partial charge in [0.25, 0.3) is 11.8 Å².